The smallest absolute Gasteiger partial charge is 0.251 e. The molecular formula is C17H18BrN3O2S. The van der Waals surface area contributed by atoms with Gasteiger partial charge in [-0.3, -0.25) is 9.59 Å². The Morgan fingerprint density at radius 3 is 2.62 bits per heavy atom. The lowest BCUT2D eigenvalue weighted by Gasteiger charge is -2.15. The number of benzene rings is 1. The molecule has 7 heteroatoms. The first kappa shape index (κ1) is 17.0. The first-order valence-corrected chi connectivity index (χ1v) is 9.34. The number of carbonyl (C=O) groups is 2. The number of nitrogens with two attached hydrogens (primary N) is 1. The lowest BCUT2D eigenvalue weighted by Crippen LogP contribution is -2.32. The first-order chi connectivity index (χ1) is 11.5. The van der Waals surface area contributed by atoms with Gasteiger partial charge in [-0.25, -0.2) is 0 Å². The fraction of sp³-hybridized carbons (Fsp3) is 0.294. The van der Waals surface area contributed by atoms with Crippen LogP contribution in [0, 0.1) is 0 Å². The molecule has 24 heavy (non-hydrogen) atoms. The summed E-state index contributed by atoms with van der Waals surface area (Å²) in [6.07, 6.45) is 2.84. The lowest BCUT2D eigenvalue weighted by molar-refractivity contribution is -0.116. The molecule has 1 atom stereocenters. The van der Waals surface area contributed by atoms with Crippen LogP contribution in [0.1, 0.15) is 34.1 Å². The van der Waals surface area contributed by atoms with Crippen LogP contribution in [0.5, 0.6) is 0 Å². The molecule has 2 amide bonds. The number of amides is 2. The summed E-state index contributed by atoms with van der Waals surface area (Å²) in [5.41, 5.74) is 7.86. The van der Waals surface area contributed by atoms with Crippen molar-refractivity contribution in [1.82, 2.24) is 0 Å². The summed E-state index contributed by atoms with van der Waals surface area (Å²) in [5, 5.41) is 6.57. The van der Waals surface area contributed by atoms with E-state index < -0.39 is 11.9 Å². The topological polar surface area (TPSA) is 84.2 Å². The van der Waals surface area contributed by atoms with Gasteiger partial charge < -0.3 is 16.4 Å². The Hall–Kier alpha value is -1.86. The van der Waals surface area contributed by atoms with Crippen molar-refractivity contribution >= 4 is 49.8 Å². The minimum absolute atomic E-state index is 0.194. The predicted octanol–water partition coefficient (Wildman–Crippen LogP) is 3.54. The molecule has 0 unspecified atom stereocenters. The van der Waals surface area contributed by atoms with Crippen LogP contribution >= 0.6 is 27.3 Å². The zero-order valence-corrected chi connectivity index (χ0v) is 15.6. The van der Waals surface area contributed by atoms with Gasteiger partial charge in [-0.05, 0) is 56.0 Å². The molecular weight excluding hydrogens is 390 g/mol. The fourth-order valence-electron chi connectivity index (χ4n) is 2.83. The molecule has 4 N–H and O–H groups in total. The second kappa shape index (κ2) is 6.94. The number of aryl methyl sites for hydroxylation is 1. The van der Waals surface area contributed by atoms with Crippen molar-refractivity contribution < 1.29 is 9.59 Å². The van der Waals surface area contributed by atoms with E-state index in [0.717, 1.165) is 39.9 Å². The Balaban J connectivity index is 1.72. The van der Waals surface area contributed by atoms with Crippen molar-refractivity contribution in [2.45, 2.75) is 32.2 Å². The Morgan fingerprint density at radius 2 is 1.96 bits per heavy atom. The minimum Gasteiger partial charge on any atom is -0.374 e. The normalized spacial score (nSPS) is 14.1. The van der Waals surface area contributed by atoms with Crippen LogP contribution in [0.4, 0.5) is 10.7 Å². The van der Waals surface area contributed by atoms with Gasteiger partial charge in [-0.2, -0.15) is 0 Å². The summed E-state index contributed by atoms with van der Waals surface area (Å²) in [6, 6.07) is 7.15. The Labute approximate surface area is 152 Å². The van der Waals surface area contributed by atoms with Crippen LogP contribution in [-0.2, 0) is 17.6 Å². The molecule has 0 spiro atoms. The van der Waals surface area contributed by atoms with E-state index in [9.17, 15) is 9.59 Å². The van der Waals surface area contributed by atoms with Gasteiger partial charge in [0.2, 0.25) is 5.91 Å². The Morgan fingerprint density at radius 1 is 1.25 bits per heavy atom. The van der Waals surface area contributed by atoms with E-state index in [1.165, 1.54) is 11.3 Å². The van der Waals surface area contributed by atoms with E-state index >= 15 is 0 Å². The second-order valence-corrected chi connectivity index (χ2v) is 7.81. The minimum atomic E-state index is -0.474. The summed E-state index contributed by atoms with van der Waals surface area (Å²) in [6.45, 7) is 1.78. The van der Waals surface area contributed by atoms with Crippen molar-refractivity contribution in [2.75, 3.05) is 10.6 Å². The monoisotopic (exact) mass is 407 g/mol. The van der Waals surface area contributed by atoms with Gasteiger partial charge in [0, 0.05) is 15.0 Å². The Bertz CT molecular complexity index is 786. The number of fused-ring (bicyclic) bond motifs is 1. The third kappa shape index (κ3) is 3.47. The van der Waals surface area contributed by atoms with Gasteiger partial charge in [-0.1, -0.05) is 15.9 Å². The molecule has 0 saturated heterocycles. The quantitative estimate of drug-likeness (QED) is 0.708. The standard InChI is InChI=1S/C17H18BrN3O2S/c1-9(20-11-7-5-10(18)6-8-11)16(23)21-17-14(15(19)22)12-3-2-4-13(12)24-17/h5-9,20H,2-4H2,1H3,(H2,19,22)(H,21,23)/t9-/m1/s1. The first-order valence-electron chi connectivity index (χ1n) is 7.73. The van der Waals surface area contributed by atoms with Gasteiger partial charge in [0.25, 0.3) is 5.91 Å². The van der Waals surface area contributed by atoms with E-state index in [1.54, 1.807) is 6.92 Å². The molecule has 1 aromatic heterocycles. The van der Waals surface area contributed by atoms with Crippen LogP contribution in [0.3, 0.4) is 0 Å². The van der Waals surface area contributed by atoms with Crippen LogP contribution in [0.25, 0.3) is 0 Å². The third-order valence-electron chi connectivity index (χ3n) is 4.03. The lowest BCUT2D eigenvalue weighted by atomic mass is 10.1. The van der Waals surface area contributed by atoms with Crippen molar-refractivity contribution in [1.29, 1.82) is 0 Å². The van der Waals surface area contributed by atoms with Crippen LogP contribution in [0.2, 0.25) is 0 Å². The Kier molecular flexibility index (Phi) is 4.91. The number of rotatable bonds is 5. The van der Waals surface area contributed by atoms with Gasteiger partial charge in [0.05, 0.1) is 5.56 Å². The number of anilines is 2. The number of halogens is 1. The van der Waals surface area contributed by atoms with Crippen molar-refractivity contribution in [3.8, 4) is 0 Å². The molecule has 0 fully saturated rings. The molecule has 0 bridgehead atoms. The number of hydrogen-bond acceptors (Lipinski definition) is 4. The molecule has 3 rings (SSSR count). The molecule has 0 radical (unpaired) electrons. The summed E-state index contributed by atoms with van der Waals surface area (Å²) >= 11 is 4.84. The average molecular weight is 408 g/mol. The molecule has 1 aromatic carbocycles. The maximum Gasteiger partial charge on any atom is 0.251 e. The molecule has 1 heterocycles. The number of carbonyl (C=O) groups excluding carboxylic acids is 2. The molecule has 1 aliphatic rings. The summed E-state index contributed by atoms with van der Waals surface area (Å²) in [5.74, 6) is -0.668. The maximum atomic E-state index is 12.5. The van der Waals surface area contributed by atoms with E-state index in [1.807, 2.05) is 24.3 Å². The third-order valence-corrected chi connectivity index (χ3v) is 5.76. The van der Waals surface area contributed by atoms with E-state index in [0.29, 0.717) is 10.6 Å². The highest BCUT2D eigenvalue weighted by molar-refractivity contribution is 9.10. The average Bonchev–Trinajstić information content (AvgIpc) is 3.09. The highest BCUT2D eigenvalue weighted by Crippen LogP contribution is 2.38. The summed E-state index contributed by atoms with van der Waals surface area (Å²) in [7, 11) is 0. The molecule has 5 nitrogen and oxygen atoms in total. The highest BCUT2D eigenvalue weighted by Gasteiger charge is 2.27. The largest absolute Gasteiger partial charge is 0.374 e. The van der Waals surface area contributed by atoms with Crippen molar-refractivity contribution in [3.05, 3.63) is 44.7 Å². The molecule has 0 saturated carbocycles. The van der Waals surface area contributed by atoms with E-state index in [2.05, 4.69) is 26.6 Å². The zero-order valence-electron chi connectivity index (χ0n) is 13.2. The summed E-state index contributed by atoms with van der Waals surface area (Å²) < 4.78 is 0.976. The van der Waals surface area contributed by atoms with Crippen molar-refractivity contribution in [2.24, 2.45) is 5.73 Å². The van der Waals surface area contributed by atoms with Crippen LogP contribution < -0.4 is 16.4 Å². The molecule has 1 aliphatic carbocycles. The van der Waals surface area contributed by atoms with Gasteiger partial charge in [0.15, 0.2) is 0 Å². The molecule has 2 aromatic rings. The second-order valence-electron chi connectivity index (χ2n) is 5.79. The predicted molar refractivity (Wildman–Crippen MR) is 101 cm³/mol. The van der Waals surface area contributed by atoms with E-state index in [4.69, 9.17) is 5.73 Å². The van der Waals surface area contributed by atoms with Crippen LogP contribution in [0.15, 0.2) is 28.7 Å². The number of hydrogen-bond donors (Lipinski definition) is 3. The highest BCUT2D eigenvalue weighted by atomic mass is 79.9. The van der Waals surface area contributed by atoms with E-state index in [-0.39, 0.29) is 5.91 Å². The number of nitrogens with one attached hydrogen (secondary N) is 2. The fourth-order valence-corrected chi connectivity index (χ4v) is 4.40. The van der Waals surface area contributed by atoms with Gasteiger partial charge in [-0.15, -0.1) is 11.3 Å². The molecule has 0 aliphatic heterocycles. The maximum absolute atomic E-state index is 12.5. The van der Waals surface area contributed by atoms with Gasteiger partial charge >= 0.3 is 0 Å². The van der Waals surface area contributed by atoms with Gasteiger partial charge in [0.1, 0.15) is 11.0 Å². The number of primary amides is 1. The summed E-state index contributed by atoms with van der Waals surface area (Å²) in [4.78, 5) is 25.4. The van der Waals surface area contributed by atoms with Crippen molar-refractivity contribution in [3.63, 3.8) is 0 Å². The zero-order chi connectivity index (χ0) is 17.3. The van der Waals surface area contributed by atoms with Crippen LogP contribution in [-0.4, -0.2) is 17.9 Å². The number of thiophene rings is 1. The SMILES string of the molecule is C[C@@H](Nc1ccc(Br)cc1)C(=O)Nc1sc2c(c1C(N)=O)CCC2. The molecule has 126 valence electrons.